The first-order chi connectivity index (χ1) is 6.85. The Balaban J connectivity index is 5.06. The lowest BCUT2D eigenvalue weighted by Crippen LogP contribution is -2.34. The Morgan fingerprint density at radius 1 is 1.47 bits per heavy atom. The van der Waals surface area contributed by atoms with Gasteiger partial charge in [-0.1, -0.05) is 0 Å². The van der Waals surface area contributed by atoms with Crippen molar-refractivity contribution in [3.05, 3.63) is 0 Å². The van der Waals surface area contributed by atoms with Gasteiger partial charge >= 0.3 is 15.9 Å². The Hall–Kier alpha value is 0.220. The van der Waals surface area contributed by atoms with E-state index in [0.29, 0.717) is 0 Å². The third kappa shape index (κ3) is 3.62. The fourth-order valence-electron chi connectivity index (χ4n) is 0.932. The predicted molar refractivity (Wildman–Crippen MR) is 52.6 cm³/mol. The lowest BCUT2D eigenvalue weighted by molar-refractivity contribution is -0.0891. The highest BCUT2D eigenvalue weighted by atomic mass is 31.2. The van der Waals surface area contributed by atoms with Crippen LogP contribution in [0.3, 0.4) is 0 Å². The van der Waals surface area contributed by atoms with Crippen LogP contribution < -0.4 is 5.73 Å². The third-order valence-corrected chi connectivity index (χ3v) is 4.45. The normalized spacial score (nSPS) is 18.5. The van der Waals surface area contributed by atoms with Crippen LogP contribution in [-0.2, 0) is 22.7 Å². The van der Waals surface area contributed by atoms with Crippen LogP contribution in [0.2, 0.25) is 0 Å². The molecular weight excluding hydrogens is 248 g/mol. The second kappa shape index (κ2) is 6.08. The summed E-state index contributed by atoms with van der Waals surface area (Å²) in [6.07, 6.45) is -0.358. The average Bonchev–Trinajstić information content (AvgIpc) is 2.15. The van der Waals surface area contributed by atoms with E-state index in [-0.39, 0.29) is 13.0 Å². The van der Waals surface area contributed by atoms with Gasteiger partial charge in [-0.25, -0.2) is 0 Å². The van der Waals surface area contributed by atoms with Crippen molar-refractivity contribution in [1.82, 2.24) is 0 Å². The van der Waals surface area contributed by atoms with E-state index < -0.39 is 21.4 Å². The molecule has 92 valence electrons. The minimum absolute atomic E-state index is 0.123. The summed E-state index contributed by atoms with van der Waals surface area (Å²) in [4.78, 5) is 8.56. The van der Waals surface area contributed by atoms with Gasteiger partial charge in [0.2, 0.25) is 0 Å². The Labute approximate surface area is 87.8 Å². The highest BCUT2D eigenvalue weighted by Gasteiger charge is 2.51. The summed E-state index contributed by atoms with van der Waals surface area (Å²) in [6.45, 7) is -0.123. The molecule has 4 N–H and O–H groups in total. The van der Waals surface area contributed by atoms with Crippen LogP contribution in [0.1, 0.15) is 6.42 Å². The summed E-state index contributed by atoms with van der Waals surface area (Å²) in [7, 11) is -5.52. The van der Waals surface area contributed by atoms with E-state index >= 15 is 0 Å². The van der Waals surface area contributed by atoms with Gasteiger partial charge in [0, 0.05) is 20.6 Å². The lowest BCUT2D eigenvalue weighted by Gasteiger charge is -2.31. The molecule has 0 amide bonds. The Morgan fingerprint density at radius 3 is 2.20 bits per heavy atom. The first-order valence-corrected chi connectivity index (χ1v) is 6.72. The number of hydrogen-bond donors (Lipinski definition) is 3. The SMILES string of the molecule is COP(=O)(OC)C(O)(CCN)O[PH](=O)O. The molecular formula is C5H15NO7P2. The van der Waals surface area contributed by atoms with E-state index in [2.05, 4.69) is 13.6 Å². The van der Waals surface area contributed by atoms with Gasteiger partial charge in [0.05, 0.1) is 0 Å². The van der Waals surface area contributed by atoms with E-state index in [4.69, 9.17) is 10.6 Å². The fraction of sp³-hybridized carbons (Fsp3) is 1.00. The summed E-state index contributed by atoms with van der Waals surface area (Å²) in [6, 6.07) is 0. The molecule has 8 nitrogen and oxygen atoms in total. The van der Waals surface area contributed by atoms with Gasteiger partial charge in [-0.05, 0) is 6.54 Å². The topological polar surface area (TPSA) is 128 Å². The van der Waals surface area contributed by atoms with Crippen LogP contribution in [0.15, 0.2) is 0 Å². The van der Waals surface area contributed by atoms with E-state index in [9.17, 15) is 14.2 Å². The zero-order valence-electron chi connectivity index (χ0n) is 8.37. The maximum Gasteiger partial charge on any atom is 0.389 e. The first kappa shape index (κ1) is 15.2. The second-order valence-electron chi connectivity index (χ2n) is 2.51. The second-order valence-corrected chi connectivity index (χ2v) is 5.67. The summed E-state index contributed by atoms with van der Waals surface area (Å²) in [5.41, 5.74) is 2.65. The smallest absolute Gasteiger partial charge is 0.356 e. The van der Waals surface area contributed by atoms with Gasteiger partial charge in [-0.2, -0.15) is 0 Å². The Morgan fingerprint density at radius 2 is 1.93 bits per heavy atom. The molecule has 15 heavy (non-hydrogen) atoms. The molecule has 0 spiro atoms. The molecule has 2 atom stereocenters. The van der Waals surface area contributed by atoms with Crippen LogP contribution in [0.5, 0.6) is 0 Å². The summed E-state index contributed by atoms with van der Waals surface area (Å²) >= 11 is 0. The molecule has 2 unspecified atom stereocenters. The molecule has 0 aromatic rings. The number of rotatable bonds is 7. The van der Waals surface area contributed by atoms with Crippen LogP contribution in [0.4, 0.5) is 0 Å². The van der Waals surface area contributed by atoms with E-state index in [1.807, 2.05) is 0 Å². The molecule has 0 aliphatic carbocycles. The average molecular weight is 263 g/mol. The maximum absolute atomic E-state index is 11.8. The van der Waals surface area contributed by atoms with E-state index in [0.717, 1.165) is 14.2 Å². The minimum Gasteiger partial charge on any atom is -0.356 e. The maximum atomic E-state index is 11.8. The standard InChI is InChI=1S/C5H15NO7P2/c1-11-15(10,12-2)5(7,3-4-6)13-14(8)9/h7,14H,3-4,6H2,1-2H3,(H,8,9). The monoisotopic (exact) mass is 263 g/mol. The number of hydrogen-bond acceptors (Lipinski definition) is 7. The van der Waals surface area contributed by atoms with Gasteiger partial charge in [0.25, 0.3) is 5.53 Å². The zero-order valence-corrected chi connectivity index (χ0v) is 10.3. The summed E-state index contributed by atoms with van der Waals surface area (Å²) < 4.78 is 35.5. The predicted octanol–water partition coefficient (Wildman–Crippen LogP) is -0.134. The summed E-state index contributed by atoms with van der Waals surface area (Å²) in [5, 5.41) is 9.75. The van der Waals surface area contributed by atoms with Gasteiger partial charge in [-0.15, -0.1) is 0 Å². The van der Waals surface area contributed by atoms with Gasteiger partial charge < -0.3 is 24.8 Å². The molecule has 0 aliphatic heterocycles. The molecule has 0 saturated carbocycles. The van der Waals surface area contributed by atoms with Crippen LogP contribution in [-0.4, -0.2) is 36.3 Å². The van der Waals surface area contributed by atoms with Crippen molar-refractivity contribution in [2.24, 2.45) is 5.73 Å². The molecule has 0 aliphatic rings. The largest absolute Gasteiger partial charge is 0.389 e. The van der Waals surface area contributed by atoms with Crippen molar-refractivity contribution in [2.45, 2.75) is 11.9 Å². The Bertz CT molecular complexity index is 264. The highest BCUT2D eigenvalue weighted by Crippen LogP contribution is 2.61. The molecule has 10 heteroatoms. The molecule has 0 aromatic carbocycles. The van der Waals surface area contributed by atoms with Crippen molar-refractivity contribution < 1.29 is 32.7 Å². The van der Waals surface area contributed by atoms with Gasteiger partial charge in [0.15, 0.2) is 0 Å². The molecule has 0 rings (SSSR count). The summed E-state index contributed by atoms with van der Waals surface area (Å²) in [5.74, 6) is 0. The zero-order chi connectivity index (χ0) is 12.1. The Kier molecular flexibility index (Phi) is 6.17. The number of nitrogens with two attached hydrogens (primary N) is 1. The quantitative estimate of drug-likeness (QED) is 0.427. The molecule has 0 radical (unpaired) electrons. The fourth-order valence-corrected chi connectivity index (χ4v) is 3.12. The molecule has 0 heterocycles. The lowest BCUT2D eigenvalue weighted by atomic mass is 10.4. The first-order valence-electron chi connectivity index (χ1n) is 3.91. The van der Waals surface area contributed by atoms with Crippen LogP contribution in [0, 0.1) is 0 Å². The van der Waals surface area contributed by atoms with Crippen molar-refractivity contribution in [2.75, 3.05) is 20.8 Å². The van der Waals surface area contributed by atoms with Crippen LogP contribution >= 0.6 is 15.9 Å². The van der Waals surface area contributed by atoms with Crippen LogP contribution in [0.25, 0.3) is 0 Å². The third-order valence-electron chi connectivity index (χ3n) is 1.63. The van der Waals surface area contributed by atoms with Crippen molar-refractivity contribution in [1.29, 1.82) is 0 Å². The van der Waals surface area contributed by atoms with E-state index in [1.54, 1.807) is 0 Å². The van der Waals surface area contributed by atoms with E-state index in [1.165, 1.54) is 0 Å². The molecule has 0 fully saturated rings. The van der Waals surface area contributed by atoms with Gasteiger partial charge in [-0.3, -0.25) is 13.7 Å². The van der Waals surface area contributed by atoms with Crippen molar-refractivity contribution in [3.63, 3.8) is 0 Å². The molecule has 0 bridgehead atoms. The van der Waals surface area contributed by atoms with Crippen molar-refractivity contribution in [3.8, 4) is 0 Å². The minimum atomic E-state index is -4.05. The molecule has 0 saturated heterocycles. The highest BCUT2D eigenvalue weighted by molar-refractivity contribution is 7.55. The molecule has 0 aromatic heterocycles. The van der Waals surface area contributed by atoms with Gasteiger partial charge in [0.1, 0.15) is 0 Å². The van der Waals surface area contributed by atoms with Crippen molar-refractivity contribution >= 4 is 15.9 Å². The number of aliphatic hydroxyl groups is 1.